The summed E-state index contributed by atoms with van der Waals surface area (Å²) in [4.78, 5) is 16.2. The van der Waals surface area contributed by atoms with E-state index >= 15 is 0 Å². The van der Waals surface area contributed by atoms with Crippen molar-refractivity contribution >= 4 is 11.2 Å². The first kappa shape index (κ1) is 11.3. The minimum absolute atomic E-state index is 0.195. The molecule has 0 saturated heterocycles. The average Bonchev–Trinajstić information content (AvgIpc) is 2.76. The summed E-state index contributed by atoms with van der Waals surface area (Å²) in [5.41, 5.74) is 2.05. The van der Waals surface area contributed by atoms with Crippen LogP contribution < -0.4 is 15.2 Å². The number of hydrogen-bond donors (Lipinski definition) is 2. The highest BCUT2D eigenvalue weighted by Crippen LogP contribution is 2.22. The number of imidazole rings is 1. The first-order valence-electron chi connectivity index (χ1n) is 5.60. The Morgan fingerprint density at radius 2 is 1.84 bits per heavy atom. The van der Waals surface area contributed by atoms with Gasteiger partial charge in [-0.1, -0.05) is 0 Å². The fourth-order valence-corrected chi connectivity index (χ4v) is 2.06. The minimum Gasteiger partial charge on any atom is -0.710 e. The molecule has 0 aliphatic heterocycles. The zero-order valence-corrected chi connectivity index (χ0v) is 10.0. The average molecular weight is 258 g/mol. The van der Waals surface area contributed by atoms with Gasteiger partial charge in [-0.05, 0) is 18.6 Å². The van der Waals surface area contributed by atoms with Gasteiger partial charge in [0.2, 0.25) is 0 Å². The van der Waals surface area contributed by atoms with Gasteiger partial charge in [0.15, 0.2) is 12.4 Å². The van der Waals surface area contributed by atoms with Crippen LogP contribution in [-0.2, 0) is 0 Å². The first-order valence-corrected chi connectivity index (χ1v) is 5.60. The smallest absolute Gasteiger partial charge is 0.411 e. The lowest BCUT2D eigenvalue weighted by Crippen LogP contribution is -2.32. The molecule has 0 unspecified atom stereocenters. The third-order valence-corrected chi connectivity index (χ3v) is 3.03. The second-order valence-corrected chi connectivity index (χ2v) is 4.23. The van der Waals surface area contributed by atoms with Gasteiger partial charge in [0, 0.05) is 17.7 Å². The molecule has 0 aliphatic rings. The van der Waals surface area contributed by atoms with Crippen molar-refractivity contribution in [3.05, 3.63) is 57.2 Å². The van der Waals surface area contributed by atoms with Crippen molar-refractivity contribution in [2.45, 2.75) is 6.92 Å². The summed E-state index contributed by atoms with van der Waals surface area (Å²) >= 11 is 0. The van der Waals surface area contributed by atoms with Crippen LogP contribution in [0, 0.1) is 17.3 Å². The molecular weight excluding hydrogens is 248 g/mol. The summed E-state index contributed by atoms with van der Waals surface area (Å²) in [6, 6.07) is 4.94. The van der Waals surface area contributed by atoms with E-state index in [1.54, 1.807) is 25.1 Å². The molecule has 0 aliphatic carbocycles. The van der Waals surface area contributed by atoms with E-state index in [1.807, 2.05) is 0 Å². The Bertz CT molecular complexity index is 817. The van der Waals surface area contributed by atoms with Crippen LogP contribution in [0.1, 0.15) is 5.69 Å². The van der Waals surface area contributed by atoms with Gasteiger partial charge in [-0.2, -0.15) is 9.71 Å². The fourth-order valence-electron chi connectivity index (χ4n) is 2.06. The van der Waals surface area contributed by atoms with Gasteiger partial charge in [-0.3, -0.25) is 4.98 Å². The van der Waals surface area contributed by atoms with Crippen molar-refractivity contribution in [2.24, 2.45) is 0 Å². The van der Waals surface area contributed by atoms with E-state index < -0.39 is 5.69 Å². The molecule has 0 bridgehead atoms. The van der Waals surface area contributed by atoms with Crippen molar-refractivity contribution in [3.8, 4) is 11.1 Å². The molecule has 96 valence electrons. The number of aromatic nitrogens is 4. The number of nitrogens with zero attached hydrogens (tertiary/aromatic N) is 2. The van der Waals surface area contributed by atoms with Crippen LogP contribution in [0.4, 0.5) is 0 Å². The third-order valence-electron chi connectivity index (χ3n) is 3.03. The van der Waals surface area contributed by atoms with Crippen LogP contribution in [0.2, 0.25) is 0 Å². The van der Waals surface area contributed by atoms with E-state index in [-0.39, 0.29) is 5.65 Å². The first-order chi connectivity index (χ1) is 9.06. The predicted molar refractivity (Wildman–Crippen MR) is 67.0 cm³/mol. The van der Waals surface area contributed by atoms with Crippen LogP contribution in [0.3, 0.4) is 0 Å². The van der Waals surface area contributed by atoms with Crippen LogP contribution in [0.5, 0.6) is 0 Å². The normalized spacial score (nSPS) is 11.0. The lowest BCUT2D eigenvalue weighted by atomic mass is 10.1. The van der Waals surface area contributed by atoms with Crippen molar-refractivity contribution in [2.75, 3.05) is 0 Å². The predicted octanol–water partition coefficient (Wildman–Crippen LogP) is 0.0984. The van der Waals surface area contributed by atoms with Crippen LogP contribution >= 0.6 is 0 Å². The zero-order valence-electron chi connectivity index (χ0n) is 10.0. The van der Waals surface area contributed by atoms with Crippen molar-refractivity contribution < 1.29 is 9.46 Å². The van der Waals surface area contributed by atoms with Crippen LogP contribution in [0.25, 0.3) is 22.3 Å². The van der Waals surface area contributed by atoms with Crippen molar-refractivity contribution in [1.29, 1.82) is 0 Å². The zero-order chi connectivity index (χ0) is 13.6. The Morgan fingerprint density at radius 3 is 2.53 bits per heavy atom. The second-order valence-electron chi connectivity index (χ2n) is 4.23. The Labute approximate surface area is 106 Å². The summed E-state index contributed by atoms with van der Waals surface area (Å²) in [6.45, 7) is 1.66. The number of rotatable bonds is 1. The molecule has 3 heterocycles. The van der Waals surface area contributed by atoms with Gasteiger partial charge in [0.05, 0.1) is 0 Å². The van der Waals surface area contributed by atoms with Crippen LogP contribution in [-0.4, -0.2) is 9.97 Å². The highest BCUT2D eigenvalue weighted by atomic mass is 16.5. The van der Waals surface area contributed by atoms with E-state index in [0.717, 1.165) is 5.56 Å². The van der Waals surface area contributed by atoms with Gasteiger partial charge in [-0.15, -0.1) is 0 Å². The Morgan fingerprint density at radius 1 is 1.16 bits per heavy atom. The molecule has 0 atom stereocenters. The molecular formula is C12H10N4O3. The summed E-state index contributed by atoms with van der Waals surface area (Å²) in [6.07, 6.45) is 2.71. The molecule has 7 nitrogen and oxygen atoms in total. The SMILES string of the molecule is Cc1c(-c2cc[n+]([O-])cc2)cc2[nH]c(=O)[nH]c2[n+]1[O-]. The molecule has 3 aromatic heterocycles. The highest BCUT2D eigenvalue weighted by molar-refractivity contribution is 5.76. The van der Waals surface area contributed by atoms with E-state index in [0.29, 0.717) is 26.2 Å². The summed E-state index contributed by atoms with van der Waals surface area (Å²) < 4.78 is 1.33. The summed E-state index contributed by atoms with van der Waals surface area (Å²) in [5, 5.41) is 23.1. The molecule has 0 fully saturated rings. The van der Waals surface area contributed by atoms with Gasteiger partial charge >= 0.3 is 11.3 Å². The second kappa shape index (κ2) is 3.84. The topological polar surface area (TPSA) is 103 Å². The van der Waals surface area contributed by atoms with E-state index in [1.165, 1.54) is 12.4 Å². The number of nitrogens with one attached hydrogen (secondary N) is 2. The van der Waals surface area contributed by atoms with E-state index in [2.05, 4.69) is 9.97 Å². The summed E-state index contributed by atoms with van der Waals surface area (Å²) in [7, 11) is 0. The van der Waals surface area contributed by atoms with Gasteiger partial charge in [0.25, 0.3) is 0 Å². The molecule has 19 heavy (non-hydrogen) atoms. The Kier molecular flexibility index (Phi) is 2.28. The van der Waals surface area contributed by atoms with Gasteiger partial charge in [-0.25, -0.2) is 9.52 Å². The monoisotopic (exact) mass is 258 g/mol. The fraction of sp³-hybridized carbons (Fsp3) is 0.0833. The molecule has 2 N–H and O–H groups in total. The number of fused-ring (bicyclic) bond motifs is 1. The van der Waals surface area contributed by atoms with Crippen molar-refractivity contribution in [3.63, 3.8) is 0 Å². The van der Waals surface area contributed by atoms with E-state index in [4.69, 9.17) is 0 Å². The maximum Gasteiger partial charge on any atom is 0.411 e. The van der Waals surface area contributed by atoms with Gasteiger partial charge in [0.1, 0.15) is 11.2 Å². The third kappa shape index (κ3) is 1.71. The lowest BCUT2D eigenvalue weighted by molar-refractivity contribution is -0.605. The molecule has 0 aromatic carbocycles. The molecule has 0 radical (unpaired) electrons. The molecule has 3 rings (SSSR count). The Balaban J connectivity index is 2.32. The van der Waals surface area contributed by atoms with Gasteiger partial charge < -0.3 is 10.4 Å². The molecule has 3 aromatic rings. The number of aromatic amines is 2. The standard InChI is InChI=1S/C12H10N4O3/c1-7-9(8-2-4-15(18)5-3-8)6-10-11(16(7)19)14-12(17)13-10/h2-6H,1H3,(H2,13,14,17). The Hall–Kier alpha value is -2.83. The largest absolute Gasteiger partial charge is 0.710 e. The summed E-state index contributed by atoms with van der Waals surface area (Å²) in [5.74, 6) is 0. The minimum atomic E-state index is -0.429. The number of hydrogen-bond acceptors (Lipinski definition) is 3. The lowest BCUT2D eigenvalue weighted by Gasteiger charge is -2.11. The molecule has 0 saturated carbocycles. The maximum atomic E-state index is 12.1. The quantitative estimate of drug-likeness (QED) is 0.478. The molecule has 0 spiro atoms. The van der Waals surface area contributed by atoms with E-state index in [9.17, 15) is 15.2 Å². The number of pyridine rings is 2. The number of H-pyrrole nitrogens is 2. The molecule has 7 heteroatoms. The molecule has 0 amide bonds. The van der Waals surface area contributed by atoms with Crippen molar-refractivity contribution in [1.82, 2.24) is 9.97 Å². The maximum absolute atomic E-state index is 12.1. The van der Waals surface area contributed by atoms with Crippen LogP contribution in [0.15, 0.2) is 35.4 Å². The highest BCUT2D eigenvalue weighted by Gasteiger charge is 2.15.